The third-order valence-electron chi connectivity index (χ3n) is 12.2. The van der Waals surface area contributed by atoms with E-state index in [1.165, 1.54) is 48.7 Å². The molecule has 0 saturated carbocycles. The molecule has 274 valence electrons. The summed E-state index contributed by atoms with van der Waals surface area (Å²) in [6.45, 7) is 0. The summed E-state index contributed by atoms with van der Waals surface area (Å²) >= 11 is 0. The Balaban J connectivity index is 1.16. The van der Waals surface area contributed by atoms with E-state index in [-0.39, 0.29) is 0 Å². The highest BCUT2D eigenvalue weighted by Crippen LogP contribution is 2.43. The molecular weight excluding hydrogens is 719 g/mol. The van der Waals surface area contributed by atoms with Crippen molar-refractivity contribution in [3.63, 3.8) is 0 Å². The summed E-state index contributed by atoms with van der Waals surface area (Å²) in [5.41, 5.74) is 12.7. The van der Waals surface area contributed by atoms with Crippen molar-refractivity contribution < 1.29 is 0 Å². The predicted molar refractivity (Wildman–Crippen MR) is 245 cm³/mol. The first-order chi connectivity index (χ1) is 29.3. The maximum absolute atomic E-state index is 5.57. The Hall–Kier alpha value is -8.02. The van der Waals surface area contributed by atoms with E-state index < -0.39 is 0 Å². The molecule has 9 aromatic carbocycles. The summed E-state index contributed by atoms with van der Waals surface area (Å²) in [5, 5.41) is 9.51. The van der Waals surface area contributed by atoms with E-state index in [0.29, 0.717) is 0 Å². The second-order valence-electron chi connectivity index (χ2n) is 15.4. The summed E-state index contributed by atoms with van der Waals surface area (Å²) in [6, 6.07) is 71.8. The lowest BCUT2D eigenvalue weighted by Gasteiger charge is -2.16. The summed E-state index contributed by atoms with van der Waals surface area (Å²) in [6.07, 6.45) is 0. The Morgan fingerprint density at radius 1 is 0.322 bits per heavy atom. The van der Waals surface area contributed by atoms with Crippen LogP contribution in [-0.2, 0) is 0 Å². The monoisotopic (exact) mass is 751 g/mol. The first kappa shape index (κ1) is 32.1. The molecule has 4 aromatic heterocycles. The number of benzene rings is 9. The molecule has 13 rings (SSSR count). The minimum atomic E-state index is 0.799. The molecule has 0 radical (unpaired) electrons. The second kappa shape index (κ2) is 12.2. The Labute approximate surface area is 338 Å². The number of rotatable bonds is 4. The lowest BCUT2D eigenvalue weighted by Crippen LogP contribution is -2.04. The highest BCUT2D eigenvalue weighted by molar-refractivity contribution is 6.18. The van der Waals surface area contributed by atoms with Crippen LogP contribution in [0.4, 0.5) is 0 Å². The van der Waals surface area contributed by atoms with Gasteiger partial charge >= 0.3 is 0 Å². The lowest BCUT2D eigenvalue weighted by molar-refractivity contribution is 1.08. The van der Waals surface area contributed by atoms with Gasteiger partial charge < -0.3 is 9.13 Å². The molecule has 0 fully saturated rings. The van der Waals surface area contributed by atoms with Crippen molar-refractivity contribution in [2.24, 2.45) is 0 Å². The lowest BCUT2D eigenvalue weighted by atomic mass is 10.0. The fraction of sp³-hybridized carbons (Fsp3) is 0. The Morgan fingerprint density at radius 2 is 0.864 bits per heavy atom. The van der Waals surface area contributed by atoms with Crippen LogP contribution in [0.1, 0.15) is 0 Å². The van der Waals surface area contributed by atoms with Crippen LogP contribution in [0.3, 0.4) is 0 Å². The predicted octanol–water partition coefficient (Wildman–Crippen LogP) is 13.7. The van der Waals surface area contributed by atoms with Gasteiger partial charge in [0.25, 0.3) is 0 Å². The van der Waals surface area contributed by atoms with Gasteiger partial charge in [-0.15, -0.1) is 0 Å². The molecule has 0 N–H and O–H groups in total. The fourth-order valence-electron chi connectivity index (χ4n) is 9.73. The molecule has 0 spiro atoms. The molecule has 13 aromatic rings. The van der Waals surface area contributed by atoms with Crippen molar-refractivity contribution in [2.45, 2.75) is 0 Å². The summed E-state index contributed by atoms with van der Waals surface area (Å²) in [4.78, 5) is 11.1. The standard InChI is InChI=1S/C54H33N5/c1-2-17-35(18-3-1)57-48-29-13-7-22-39(48)52-40(23-15-31-50(52)57)53-54(56-44-25-9-8-24-43(44)55-53)59-47-28-12-6-21-38(47)42-32-34-16-14-30-49(41(34)33-51(42)59)58-45-26-10-4-19-36(45)37-20-5-11-27-46(37)58/h1-33H. The summed E-state index contributed by atoms with van der Waals surface area (Å²) in [5.74, 6) is 0.799. The van der Waals surface area contributed by atoms with E-state index in [1.807, 2.05) is 12.1 Å². The van der Waals surface area contributed by atoms with E-state index in [1.54, 1.807) is 0 Å². The maximum atomic E-state index is 5.57. The van der Waals surface area contributed by atoms with Gasteiger partial charge in [-0.25, -0.2) is 9.97 Å². The molecule has 4 heterocycles. The van der Waals surface area contributed by atoms with E-state index in [0.717, 1.165) is 66.9 Å². The van der Waals surface area contributed by atoms with Crippen molar-refractivity contribution in [1.82, 2.24) is 23.7 Å². The Morgan fingerprint density at radius 3 is 1.58 bits per heavy atom. The minimum absolute atomic E-state index is 0.799. The third kappa shape index (κ3) is 4.55. The van der Waals surface area contributed by atoms with E-state index >= 15 is 0 Å². The van der Waals surface area contributed by atoms with Crippen molar-refractivity contribution in [1.29, 1.82) is 0 Å². The fourth-order valence-corrected chi connectivity index (χ4v) is 9.73. The molecule has 0 aliphatic rings. The van der Waals surface area contributed by atoms with Gasteiger partial charge in [0.05, 0.1) is 49.8 Å². The van der Waals surface area contributed by atoms with Crippen LogP contribution >= 0.6 is 0 Å². The van der Waals surface area contributed by atoms with E-state index in [2.05, 4.69) is 202 Å². The normalized spacial score (nSPS) is 12.1. The zero-order valence-corrected chi connectivity index (χ0v) is 31.8. The number of hydrogen-bond acceptors (Lipinski definition) is 2. The molecule has 0 unspecified atom stereocenters. The van der Waals surface area contributed by atoms with Crippen LogP contribution < -0.4 is 0 Å². The van der Waals surface area contributed by atoms with Crippen molar-refractivity contribution in [3.05, 3.63) is 200 Å². The van der Waals surface area contributed by atoms with Gasteiger partial charge in [-0.1, -0.05) is 127 Å². The minimum Gasteiger partial charge on any atom is -0.309 e. The van der Waals surface area contributed by atoms with E-state index in [9.17, 15) is 0 Å². The summed E-state index contributed by atoms with van der Waals surface area (Å²) in [7, 11) is 0. The Bertz CT molecular complexity index is 3800. The number of fused-ring (bicyclic) bond motifs is 11. The van der Waals surface area contributed by atoms with Gasteiger partial charge in [0.2, 0.25) is 0 Å². The molecule has 5 heteroatoms. The quantitative estimate of drug-likeness (QED) is 0.180. The molecule has 0 bridgehead atoms. The van der Waals surface area contributed by atoms with Crippen LogP contribution in [0, 0.1) is 0 Å². The number of hydrogen-bond donors (Lipinski definition) is 0. The van der Waals surface area contributed by atoms with Gasteiger partial charge in [0.1, 0.15) is 5.69 Å². The zero-order valence-electron chi connectivity index (χ0n) is 31.8. The first-order valence-corrected chi connectivity index (χ1v) is 20.1. The summed E-state index contributed by atoms with van der Waals surface area (Å²) < 4.78 is 7.15. The van der Waals surface area contributed by atoms with Crippen LogP contribution in [-0.4, -0.2) is 23.7 Å². The van der Waals surface area contributed by atoms with Crippen LogP contribution in [0.25, 0.3) is 116 Å². The molecular formula is C54H33N5. The zero-order chi connectivity index (χ0) is 38.6. The van der Waals surface area contributed by atoms with Gasteiger partial charge in [0.15, 0.2) is 5.82 Å². The molecule has 0 aliphatic carbocycles. The van der Waals surface area contributed by atoms with E-state index in [4.69, 9.17) is 9.97 Å². The third-order valence-corrected chi connectivity index (χ3v) is 12.2. The Kier molecular flexibility index (Phi) is 6.66. The molecule has 0 aliphatic heterocycles. The topological polar surface area (TPSA) is 40.6 Å². The first-order valence-electron chi connectivity index (χ1n) is 20.1. The average molecular weight is 752 g/mol. The van der Waals surface area contributed by atoms with Crippen LogP contribution in [0.15, 0.2) is 200 Å². The van der Waals surface area contributed by atoms with Crippen LogP contribution in [0.2, 0.25) is 0 Å². The molecule has 0 atom stereocenters. The highest BCUT2D eigenvalue weighted by Gasteiger charge is 2.24. The maximum Gasteiger partial charge on any atom is 0.165 e. The number of aromatic nitrogens is 5. The smallest absolute Gasteiger partial charge is 0.165 e. The average Bonchev–Trinajstić information content (AvgIpc) is 3.93. The number of nitrogens with zero attached hydrogens (tertiary/aromatic N) is 5. The van der Waals surface area contributed by atoms with Gasteiger partial charge in [-0.05, 0) is 78.2 Å². The largest absolute Gasteiger partial charge is 0.309 e. The van der Waals surface area contributed by atoms with Gasteiger partial charge in [-0.2, -0.15) is 0 Å². The molecule has 0 amide bonds. The van der Waals surface area contributed by atoms with Crippen molar-refractivity contribution in [3.8, 4) is 28.5 Å². The highest BCUT2D eigenvalue weighted by atomic mass is 15.1. The molecule has 5 nitrogen and oxygen atoms in total. The second-order valence-corrected chi connectivity index (χ2v) is 15.4. The SMILES string of the molecule is c1ccc(-n2c3ccccc3c3c(-c4nc5ccccc5nc4-n4c5ccccc5c5cc6cccc(-n7c8ccccc8c8ccccc87)c6cc54)cccc32)cc1. The number of para-hydroxylation sites is 7. The van der Waals surface area contributed by atoms with Crippen molar-refractivity contribution in [2.75, 3.05) is 0 Å². The van der Waals surface area contributed by atoms with Gasteiger partial charge in [-0.3, -0.25) is 4.57 Å². The van der Waals surface area contributed by atoms with Crippen molar-refractivity contribution >= 4 is 87.2 Å². The molecule has 0 saturated heterocycles. The van der Waals surface area contributed by atoms with Crippen LogP contribution in [0.5, 0.6) is 0 Å². The molecule has 59 heavy (non-hydrogen) atoms. The van der Waals surface area contributed by atoms with Gasteiger partial charge in [0, 0.05) is 49.0 Å².